The highest BCUT2D eigenvalue weighted by molar-refractivity contribution is 6.75. The number of hydrogen-bond acceptors (Lipinski definition) is 5. The summed E-state index contributed by atoms with van der Waals surface area (Å²) in [4.78, 5) is 19.7. The van der Waals surface area contributed by atoms with E-state index in [4.69, 9.17) is 15.0 Å². The van der Waals surface area contributed by atoms with E-state index in [9.17, 15) is 0 Å². The quantitative estimate of drug-likeness (QED) is 0.0907. The number of para-hydroxylation sites is 4. The molecule has 0 spiro atoms. The van der Waals surface area contributed by atoms with Crippen LogP contribution < -0.4 is 15.5 Å². The van der Waals surface area contributed by atoms with Crippen LogP contribution in [0.3, 0.4) is 0 Å². The Balaban J connectivity index is 1.14. The minimum atomic E-state index is -0.00789. The molecule has 0 saturated carbocycles. The first-order valence-electron chi connectivity index (χ1n) is 21.7. The van der Waals surface area contributed by atoms with E-state index in [2.05, 4.69) is 209 Å². The lowest BCUT2D eigenvalue weighted by molar-refractivity contribution is 1.10. The van der Waals surface area contributed by atoms with E-state index in [1.807, 2.05) is 55.5 Å². The van der Waals surface area contributed by atoms with E-state index in [1.165, 1.54) is 0 Å². The van der Waals surface area contributed by atoms with Crippen LogP contribution >= 0.6 is 0 Å². The molecule has 10 rings (SSSR count). The van der Waals surface area contributed by atoms with Crippen molar-refractivity contribution in [1.82, 2.24) is 19.5 Å². The highest BCUT2D eigenvalue weighted by Crippen LogP contribution is 2.42. The van der Waals surface area contributed by atoms with E-state index in [0.29, 0.717) is 11.6 Å². The Kier molecular flexibility index (Phi) is 11.2. The Bertz CT molecular complexity index is 3010. The van der Waals surface area contributed by atoms with E-state index < -0.39 is 0 Å². The maximum Gasteiger partial charge on any atom is 0.247 e. The van der Waals surface area contributed by atoms with Crippen molar-refractivity contribution in [2.45, 2.75) is 13.7 Å². The maximum absolute atomic E-state index is 5.04. The van der Waals surface area contributed by atoms with E-state index in [0.717, 1.165) is 78.5 Å². The normalized spacial score (nSPS) is 11.5. The maximum atomic E-state index is 5.04. The van der Waals surface area contributed by atoms with Gasteiger partial charge in [-0.15, -0.1) is 5.98 Å². The molecule has 2 heterocycles. The van der Waals surface area contributed by atoms with Crippen LogP contribution in [0.5, 0.6) is 0 Å². The summed E-state index contributed by atoms with van der Waals surface area (Å²) in [5.41, 5.74) is 12.3. The lowest BCUT2D eigenvalue weighted by atomic mass is 9.51. The van der Waals surface area contributed by atoms with Crippen LogP contribution in [0.15, 0.2) is 237 Å². The molecule has 0 unspecified atom stereocenters. The molecule has 6 nitrogen and oxygen atoms in total. The van der Waals surface area contributed by atoms with E-state index in [-0.39, 0.29) is 6.71 Å². The molecular weight excluding hydrogens is 779 g/mol. The fraction of sp³-hybridized carbons (Fsp3) is 0.0351. The highest BCUT2D eigenvalue weighted by Gasteiger charge is 2.21. The third kappa shape index (κ3) is 7.99. The van der Waals surface area contributed by atoms with Gasteiger partial charge >= 0.3 is 0 Å². The van der Waals surface area contributed by atoms with Gasteiger partial charge in [-0.05, 0) is 116 Å². The number of anilines is 6. The molecule has 0 atom stereocenters. The summed E-state index contributed by atoms with van der Waals surface area (Å²) in [6.45, 7) is 4.12. The topological polar surface area (TPSA) is 50.1 Å². The number of nitrogens with zero attached hydrogens (tertiary/aromatic N) is 6. The zero-order valence-electron chi connectivity index (χ0n) is 35.8. The average Bonchev–Trinajstić information content (AvgIpc) is 3.69. The van der Waals surface area contributed by atoms with Crippen LogP contribution in [0, 0.1) is 0 Å². The summed E-state index contributed by atoms with van der Waals surface area (Å²) < 4.78 is 2.37. The van der Waals surface area contributed by atoms with Gasteiger partial charge in [0, 0.05) is 61.7 Å². The zero-order valence-corrected chi connectivity index (χ0v) is 35.8. The summed E-state index contributed by atoms with van der Waals surface area (Å²) in [6.07, 6.45) is 6.09. The van der Waals surface area contributed by atoms with Gasteiger partial charge in [0.2, 0.25) is 6.71 Å². The van der Waals surface area contributed by atoms with Crippen molar-refractivity contribution in [3.8, 4) is 28.5 Å². The molecule has 0 bridgehead atoms. The monoisotopic (exact) mass is 824 g/mol. The number of benzene rings is 8. The van der Waals surface area contributed by atoms with Crippen molar-refractivity contribution in [1.29, 1.82) is 0 Å². The molecule has 7 heteroatoms. The third-order valence-corrected chi connectivity index (χ3v) is 11.5. The minimum absolute atomic E-state index is 0.00789. The molecular formula is C57H45BN6. The summed E-state index contributed by atoms with van der Waals surface area (Å²) in [6, 6.07) is 74.7. The van der Waals surface area contributed by atoms with Crippen molar-refractivity contribution in [2.24, 2.45) is 0 Å². The van der Waals surface area contributed by atoms with Gasteiger partial charge in [-0.25, -0.2) is 15.0 Å². The average molecular weight is 825 g/mol. The molecule has 8 aromatic carbocycles. The fourth-order valence-corrected chi connectivity index (χ4v) is 8.39. The number of fused-ring (bicyclic) bond motifs is 3. The summed E-state index contributed by atoms with van der Waals surface area (Å²) in [5, 5.41) is 2.29. The van der Waals surface area contributed by atoms with Gasteiger partial charge in [-0.2, -0.15) is 0 Å². The Morgan fingerprint density at radius 2 is 0.828 bits per heavy atom. The fourth-order valence-electron chi connectivity index (χ4n) is 8.39. The van der Waals surface area contributed by atoms with Gasteiger partial charge in [-0.3, -0.25) is 0 Å². The number of aromatic nitrogens is 4. The van der Waals surface area contributed by atoms with Crippen LogP contribution in [-0.4, -0.2) is 26.2 Å². The molecule has 0 saturated heterocycles. The molecule has 0 N–H and O–H groups in total. The molecule has 0 aliphatic rings. The second-order valence-electron chi connectivity index (χ2n) is 15.7. The Labute approximate surface area is 374 Å². The van der Waals surface area contributed by atoms with Gasteiger partial charge < -0.3 is 14.4 Å². The van der Waals surface area contributed by atoms with Crippen molar-refractivity contribution in [3.63, 3.8) is 0 Å². The number of hydrogen-bond donors (Lipinski definition) is 0. The Hall–Kier alpha value is -8.29. The lowest BCUT2D eigenvalue weighted by Gasteiger charge is -2.26. The van der Waals surface area contributed by atoms with E-state index >= 15 is 0 Å². The van der Waals surface area contributed by atoms with Gasteiger partial charge in [0.1, 0.15) is 0 Å². The molecule has 2 aromatic heterocycles. The highest BCUT2D eigenvalue weighted by atomic mass is 15.1. The van der Waals surface area contributed by atoms with Crippen LogP contribution in [0.2, 0.25) is 6.82 Å². The molecule has 0 amide bonds. The predicted molar refractivity (Wildman–Crippen MR) is 270 cm³/mol. The van der Waals surface area contributed by atoms with Gasteiger partial charge in [0.25, 0.3) is 0 Å². The minimum Gasteiger partial charge on any atom is -0.310 e. The smallest absolute Gasteiger partial charge is 0.247 e. The SMILES string of the molecule is C/C=C\C=C/B(C)c1nc(-c2ccccc2)nc(-c2ccc(-n3c4ccc(N(c5ccccc5)c5ccccc5)cc4c4cc(N(c5ccccc5)c5ccccc5)ccc43)cc2)n1. The van der Waals surface area contributed by atoms with Gasteiger partial charge in [0.05, 0.1) is 16.8 Å². The third-order valence-electron chi connectivity index (χ3n) is 11.5. The second kappa shape index (κ2) is 18.0. The first-order valence-corrected chi connectivity index (χ1v) is 21.7. The molecule has 0 fully saturated rings. The van der Waals surface area contributed by atoms with Crippen LogP contribution in [-0.2, 0) is 0 Å². The number of rotatable bonds is 12. The van der Waals surface area contributed by atoms with Gasteiger partial charge in [0.15, 0.2) is 11.6 Å². The molecule has 10 aromatic rings. The molecule has 306 valence electrons. The van der Waals surface area contributed by atoms with Crippen LogP contribution in [0.25, 0.3) is 50.3 Å². The second-order valence-corrected chi connectivity index (χ2v) is 15.7. The van der Waals surface area contributed by atoms with E-state index in [1.54, 1.807) is 0 Å². The summed E-state index contributed by atoms with van der Waals surface area (Å²) in [7, 11) is 0. The van der Waals surface area contributed by atoms with Crippen LogP contribution in [0.1, 0.15) is 6.92 Å². The Morgan fingerprint density at radius 1 is 0.422 bits per heavy atom. The molecule has 64 heavy (non-hydrogen) atoms. The first-order chi connectivity index (χ1) is 31.6. The van der Waals surface area contributed by atoms with Crippen molar-refractivity contribution >= 4 is 68.4 Å². The summed E-state index contributed by atoms with van der Waals surface area (Å²) >= 11 is 0. The van der Waals surface area contributed by atoms with Crippen molar-refractivity contribution < 1.29 is 0 Å². The Morgan fingerprint density at radius 3 is 1.25 bits per heavy atom. The zero-order chi connectivity index (χ0) is 43.2. The first kappa shape index (κ1) is 39.8. The van der Waals surface area contributed by atoms with Gasteiger partial charge in [-0.1, -0.05) is 128 Å². The summed E-state index contributed by atoms with van der Waals surface area (Å²) in [5.74, 6) is 3.42. The van der Waals surface area contributed by atoms with Crippen molar-refractivity contribution in [3.05, 3.63) is 237 Å². The lowest BCUT2D eigenvalue weighted by Crippen LogP contribution is -2.32. The molecule has 0 radical (unpaired) electrons. The molecule has 0 aliphatic carbocycles. The molecule has 0 aliphatic heterocycles. The van der Waals surface area contributed by atoms with Crippen LogP contribution in [0.4, 0.5) is 34.1 Å². The largest absolute Gasteiger partial charge is 0.310 e. The standard InChI is InChI=1S/C57H45BN6/c1-3-4-20-39-58(2)57-60-55(42-21-10-5-11-22-42)59-56(61-57)43-31-33-48(34-32-43)64-53-37-35-49(62(44-23-12-6-13-24-44)45-25-14-7-15-26-45)40-51(53)52-41-50(36-38-54(52)64)63(46-27-16-8-17-28-46)47-29-18-9-19-30-47/h3-41H,1-2H3/b4-3-,39-20-. The predicted octanol–water partition coefficient (Wildman–Crippen LogP) is 14.2. The van der Waals surface area contributed by atoms with Crippen molar-refractivity contribution in [2.75, 3.05) is 9.80 Å². The number of allylic oxidation sites excluding steroid dienone is 3.